The minimum absolute atomic E-state index is 0.00412. The number of hydrogen-bond acceptors (Lipinski definition) is 9. The van der Waals surface area contributed by atoms with Crippen molar-refractivity contribution in [2.24, 2.45) is 11.8 Å². The van der Waals surface area contributed by atoms with Crippen LogP contribution in [-0.2, 0) is 27.6 Å². The maximum atomic E-state index is 12.1. The molecule has 41 heavy (non-hydrogen) atoms. The second-order valence-electron chi connectivity index (χ2n) is 9.86. The molecule has 0 saturated heterocycles. The smallest absolute Gasteiger partial charge is 0.306 e. The van der Waals surface area contributed by atoms with Gasteiger partial charge in [-0.3, -0.25) is 4.79 Å². The van der Waals surface area contributed by atoms with Crippen molar-refractivity contribution >= 4 is 17.6 Å². The summed E-state index contributed by atoms with van der Waals surface area (Å²) < 4.78 is 10.9. The molecule has 2 aromatic rings. The predicted octanol–water partition coefficient (Wildman–Crippen LogP) is 4.56. The Morgan fingerprint density at radius 2 is 1.85 bits per heavy atom. The van der Waals surface area contributed by atoms with Gasteiger partial charge in [0.05, 0.1) is 12.2 Å². The fraction of sp³-hybridized carbons (Fsp3) is 0.433. The number of aliphatic hydroxyl groups is 3. The number of hydrogen-bond donors (Lipinski definition) is 3. The third-order valence-electron chi connectivity index (χ3n) is 6.85. The summed E-state index contributed by atoms with van der Waals surface area (Å²) in [6.45, 7) is -0.185. The number of rotatable bonds is 16. The first-order chi connectivity index (χ1) is 19.7. The fourth-order valence-electron chi connectivity index (χ4n) is 4.68. The molecule has 2 aromatic carbocycles. The van der Waals surface area contributed by atoms with Gasteiger partial charge in [-0.25, -0.2) is 0 Å². The van der Waals surface area contributed by atoms with Crippen molar-refractivity contribution < 1.29 is 39.5 Å². The van der Waals surface area contributed by atoms with Crippen LogP contribution in [0.2, 0.25) is 5.02 Å². The lowest BCUT2D eigenvalue weighted by molar-refractivity contribution is -0.763. The maximum Gasteiger partial charge on any atom is 0.306 e. The van der Waals surface area contributed by atoms with Crippen LogP contribution in [0.1, 0.15) is 43.2 Å². The average Bonchev–Trinajstić information content (AvgIpc) is 3.22. The Kier molecular flexibility index (Phi) is 13.1. The topological polar surface area (TPSA) is 149 Å². The molecule has 1 aliphatic rings. The first-order valence-electron chi connectivity index (χ1n) is 13.5. The third-order valence-corrected chi connectivity index (χ3v) is 7.08. The van der Waals surface area contributed by atoms with Crippen LogP contribution < -0.4 is 4.74 Å². The summed E-state index contributed by atoms with van der Waals surface area (Å²) >= 11 is 5.94. The molecule has 11 heteroatoms. The van der Waals surface area contributed by atoms with E-state index in [0.717, 1.165) is 0 Å². The molecule has 0 radical (unpaired) electrons. The molecular formula is C30H36ClNO9. The zero-order valence-electron chi connectivity index (χ0n) is 22.6. The van der Waals surface area contributed by atoms with Crippen LogP contribution >= 0.6 is 11.6 Å². The lowest BCUT2D eigenvalue weighted by Gasteiger charge is -2.19. The van der Waals surface area contributed by atoms with Crippen LogP contribution in [0.15, 0.2) is 72.8 Å². The molecule has 0 amide bonds. The SMILES string of the molecule is O=C(CCC/C=C\C[C@@H]1[C@@H](/C=C/[C@@H](O)COc2cccc(Cl)c2)[C@H](O)C[C@@H]1O)OCc1ccccc1CO[N+](=O)[O-]. The standard InChI is InChI=1S/C30H36ClNO9/c31-23-10-7-11-25(16-23)39-20-24(33)14-15-27-26(28(34)17-29(27)35)12-3-1-2-4-13-30(36)40-18-21-8-5-6-9-22(21)19-41-32(37)38/h1,3,5-11,14-16,24,26-29,33-35H,2,4,12-13,17-20H2/b3-1-,15-14+/t24-,26-,27-,28+,29-/m1/s1. The zero-order chi connectivity index (χ0) is 29.6. The minimum Gasteiger partial charge on any atom is -0.491 e. The van der Waals surface area contributed by atoms with Crippen molar-refractivity contribution in [3.63, 3.8) is 0 Å². The largest absolute Gasteiger partial charge is 0.491 e. The molecule has 0 aromatic heterocycles. The van der Waals surface area contributed by atoms with E-state index in [1.165, 1.54) is 0 Å². The maximum absolute atomic E-state index is 12.1. The van der Waals surface area contributed by atoms with Gasteiger partial charge in [-0.1, -0.05) is 66.2 Å². The predicted molar refractivity (Wildman–Crippen MR) is 151 cm³/mol. The summed E-state index contributed by atoms with van der Waals surface area (Å²) in [7, 11) is 0. The normalized spacial score (nSPS) is 21.3. The average molecular weight is 590 g/mol. The molecule has 5 atom stereocenters. The van der Waals surface area contributed by atoms with E-state index >= 15 is 0 Å². The number of ether oxygens (including phenoxy) is 2. The number of esters is 1. The van der Waals surface area contributed by atoms with E-state index < -0.39 is 23.4 Å². The van der Waals surface area contributed by atoms with E-state index in [9.17, 15) is 30.2 Å². The highest BCUT2D eigenvalue weighted by molar-refractivity contribution is 6.30. The number of carbonyl (C=O) groups excluding carboxylic acids is 1. The molecule has 222 valence electrons. The van der Waals surface area contributed by atoms with Gasteiger partial charge < -0.3 is 29.6 Å². The van der Waals surface area contributed by atoms with Crippen LogP contribution in [0.25, 0.3) is 0 Å². The summed E-state index contributed by atoms with van der Waals surface area (Å²) in [5.41, 5.74) is 1.22. The van der Waals surface area contributed by atoms with E-state index in [2.05, 4.69) is 4.84 Å². The second kappa shape index (κ2) is 16.7. The lowest BCUT2D eigenvalue weighted by atomic mass is 9.89. The lowest BCUT2D eigenvalue weighted by Crippen LogP contribution is -2.21. The monoisotopic (exact) mass is 589 g/mol. The zero-order valence-corrected chi connectivity index (χ0v) is 23.3. The Bertz CT molecular complexity index is 1190. The van der Waals surface area contributed by atoms with Crippen LogP contribution in [-0.4, -0.2) is 51.3 Å². The first-order valence-corrected chi connectivity index (χ1v) is 13.9. The van der Waals surface area contributed by atoms with Crippen molar-refractivity contribution in [1.29, 1.82) is 0 Å². The summed E-state index contributed by atoms with van der Waals surface area (Å²) in [6, 6.07) is 13.8. The van der Waals surface area contributed by atoms with Crippen LogP contribution in [0, 0.1) is 22.0 Å². The Balaban J connectivity index is 1.37. The highest BCUT2D eigenvalue weighted by atomic mass is 35.5. The molecule has 10 nitrogen and oxygen atoms in total. The van der Waals surface area contributed by atoms with Crippen LogP contribution in [0.3, 0.4) is 0 Å². The van der Waals surface area contributed by atoms with Crippen molar-refractivity contribution in [3.8, 4) is 5.75 Å². The van der Waals surface area contributed by atoms with E-state index in [-0.39, 0.29) is 50.5 Å². The molecule has 0 heterocycles. The van der Waals surface area contributed by atoms with E-state index in [1.807, 2.05) is 12.2 Å². The second-order valence-corrected chi connectivity index (χ2v) is 10.3. The molecule has 1 saturated carbocycles. The summed E-state index contributed by atoms with van der Waals surface area (Å²) in [4.78, 5) is 27.0. The van der Waals surface area contributed by atoms with Crippen molar-refractivity contribution in [2.45, 2.75) is 63.6 Å². The van der Waals surface area contributed by atoms with Crippen molar-refractivity contribution in [2.75, 3.05) is 6.61 Å². The Morgan fingerprint density at radius 1 is 1.10 bits per heavy atom. The number of unbranched alkanes of at least 4 members (excludes halogenated alkanes) is 1. The van der Waals surface area contributed by atoms with E-state index in [1.54, 1.807) is 60.7 Å². The van der Waals surface area contributed by atoms with Crippen molar-refractivity contribution in [1.82, 2.24) is 0 Å². The highest BCUT2D eigenvalue weighted by Gasteiger charge is 2.39. The van der Waals surface area contributed by atoms with E-state index in [4.69, 9.17) is 21.1 Å². The van der Waals surface area contributed by atoms with Gasteiger partial charge in [0.2, 0.25) is 0 Å². The Hall–Kier alpha value is -3.44. The van der Waals surface area contributed by atoms with Gasteiger partial charge in [-0.15, -0.1) is 10.1 Å². The molecule has 0 bridgehead atoms. The fourth-order valence-corrected chi connectivity index (χ4v) is 4.86. The Labute approximate surface area is 243 Å². The van der Waals surface area contributed by atoms with E-state index in [0.29, 0.717) is 41.2 Å². The summed E-state index contributed by atoms with van der Waals surface area (Å²) in [5.74, 6) is -0.351. The van der Waals surface area contributed by atoms with Crippen molar-refractivity contribution in [3.05, 3.63) is 99.1 Å². The molecule has 0 aliphatic heterocycles. The molecule has 3 rings (SSSR count). The van der Waals surface area contributed by atoms with Crippen LogP contribution in [0.4, 0.5) is 0 Å². The molecule has 0 unspecified atom stereocenters. The summed E-state index contributed by atoms with van der Waals surface area (Å²) in [5, 5.41) is 41.3. The van der Waals surface area contributed by atoms with Gasteiger partial charge in [-0.2, -0.15) is 0 Å². The molecular weight excluding hydrogens is 554 g/mol. The first kappa shape index (κ1) is 32.1. The number of halogens is 1. The number of allylic oxidation sites excluding steroid dienone is 2. The highest BCUT2D eigenvalue weighted by Crippen LogP contribution is 2.36. The quantitative estimate of drug-likeness (QED) is 0.0842. The number of aliphatic hydroxyl groups excluding tert-OH is 3. The van der Waals surface area contributed by atoms with Gasteiger partial charge in [0.25, 0.3) is 5.09 Å². The Morgan fingerprint density at radius 3 is 2.59 bits per heavy atom. The van der Waals surface area contributed by atoms with Gasteiger partial charge in [0.1, 0.15) is 31.7 Å². The molecule has 0 spiro atoms. The molecule has 1 aliphatic carbocycles. The minimum atomic E-state index is -0.891. The van der Waals surface area contributed by atoms with Gasteiger partial charge in [0, 0.05) is 23.8 Å². The number of nitrogens with zero attached hydrogens (tertiary/aromatic N) is 1. The number of benzene rings is 2. The van der Waals surface area contributed by atoms with Gasteiger partial charge in [-0.05, 0) is 54.5 Å². The van der Waals surface area contributed by atoms with Gasteiger partial charge in [0.15, 0.2) is 0 Å². The summed E-state index contributed by atoms with van der Waals surface area (Å²) in [6.07, 6.45) is 7.12. The molecule has 1 fully saturated rings. The number of carbonyl (C=O) groups is 1. The van der Waals surface area contributed by atoms with Gasteiger partial charge >= 0.3 is 5.97 Å². The van der Waals surface area contributed by atoms with Crippen LogP contribution in [0.5, 0.6) is 5.75 Å². The molecule has 3 N–H and O–H groups in total. The third kappa shape index (κ3) is 11.2.